The standard InChI is InChI=1S/C47H59NO7/c1-3-5-7-9-11-12-13-14-16-18-35-53-44-21-19-20-40(36-44)48-45(49)37-22-30-42(31-23-37)54-47(51)39-26-32-43(33-27-39)55-46(50)38-24-28-41(29-25-38)52-34-17-15-10-8-6-4-2/h19-33,36H,3-18,34-35H2,1-2H3,(H,48,49). The highest BCUT2D eigenvalue weighted by Crippen LogP contribution is 2.22. The maximum absolute atomic E-state index is 12.9. The van der Waals surface area contributed by atoms with E-state index >= 15 is 0 Å². The Morgan fingerprint density at radius 2 is 0.836 bits per heavy atom. The molecule has 0 radical (unpaired) electrons. The summed E-state index contributed by atoms with van der Waals surface area (Å²) in [6, 6.07) is 26.7. The predicted molar refractivity (Wildman–Crippen MR) is 220 cm³/mol. The number of hydrogen-bond donors (Lipinski definition) is 1. The molecule has 4 aromatic carbocycles. The van der Waals surface area contributed by atoms with Crippen LogP contribution in [0.3, 0.4) is 0 Å². The number of nitrogens with one attached hydrogen (secondary N) is 1. The number of carbonyl (C=O) groups is 3. The van der Waals surface area contributed by atoms with Crippen molar-refractivity contribution >= 4 is 23.5 Å². The van der Waals surface area contributed by atoms with Crippen LogP contribution in [0.15, 0.2) is 97.1 Å². The zero-order chi connectivity index (χ0) is 38.9. The molecule has 8 nitrogen and oxygen atoms in total. The summed E-state index contributed by atoms with van der Waals surface area (Å²) in [7, 11) is 0. The molecule has 0 saturated carbocycles. The number of benzene rings is 4. The molecule has 0 fully saturated rings. The Labute approximate surface area is 327 Å². The molecule has 0 aliphatic heterocycles. The second-order valence-corrected chi connectivity index (χ2v) is 14.0. The van der Waals surface area contributed by atoms with Gasteiger partial charge in [-0.1, -0.05) is 110 Å². The molecule has 0 unspecified atom stereocenters. The van der Waals surface area contributed by atoms with Crippen molar-refractivity contribution in [3.63, 3.8) is 0 Å². The highest BCUT2D eigenvalue weighted by Gasteiger charge is 2.13. The van der Waals surface area contributed by atoms with E-state index in [9.17, 15) is 14.4 Å². The topological polar surface area (TPSA) is 100 Å². The molecule has 0 aromatic heterocycles. The van der Waals surface area contributed by atoms with Crippen LogP contribution < -0.4 is 24.3 Å². The fourth-order valence-corrected chi connectivity index (χ4v) is 6.07. The van der Waals surface area contributed by atoms with Crippen molar-refractivity contribution in [2.75, 3.05) is 18.5 Å². The molecule has 0 aliphatic rings. The van der Waals surface area contributed by atoms with Crippen LogP contribution in [0.5, 0.6) is 23.0 Å². The molecule has 4 rings (SSSR count). The average molecular weight is 750 g/mol. The molecule has 0 spiro atoms. The normalized spacial score (nSPS) is 10.8. The molecule has 0 saturated heterocycles. The van der Waals surface area contributed by atoms with Gasteiger partial charge in [0.1, 0.15) is 23.0 Å². The highest BCUT2D eigenvalue weighted by atomic mass is 16.5. The van der Waals surface area contributed by atoms with Crippen molar-refractivity contribution in [3.05, 3.63) is 114 Å². The minimum Gasteiger partial charge on any atom is -0.494 e. The second-order valence-electron chi connectivity index (χ2n) is 14.0. The van der Waals surface area contributed by atoms with Gasteiger partial charge < -0.3 is 24.3 Å². The Morgan fingerprint density at radius 1 is 0.436 bits per heavy atom. The summed E-state index contributed by atoms with van der Waals surface area (Å²) >= 11 is 0. The third kappa shape index (κ3) is 16.4. The van der Waals surface area contributed by atoms with Crippen LogP contribution in [0.4, 0.5) is 5.69 Å². The van der Waals surface area contributed by atoms with E-state index in [1.54, 1.807) is 48.5 Å². The van der Waals surface area contributed by atoms with Crippen LogP contribution in [0.25, 0.3) is 0 Å². The van der Waals surface area contributed by atoms with Crippen LogP contribution in [-0.2, 0) is 0 Å². The van der Waals surface area contributed by atoms with E-state index in [2.05, 4.69) is 19.2 Å². The number of carbonyl (C=O) groups excluding carboxylic acids is 3. The van der Waals surface area contributed by atoms with Gasteiger partial charge in [-0.05, 0) is 97.8 Å². The lowest BCUT2D eigenvalue weighted by atomic mass is 10.1. The molecule has 0 aliphatic carbocycles. The summed E-state index contributed by atoms with van der Waals surface area (Å²) in [6.07, 6.45) is 19.9. The van der Waals surface area contributed by atoms with Gasteiger partial charge in [0.15, 0.2) is 0 Å². The van der Waals surface area contributed by atoms with Crippen molar-refractivity contribution < 1.29 is 33.3 Å². The minimum absolute atomic E-state index is 0.281. The van der Waals surface area contributed by atoms with Crippen molar-refractivity contribution in [1.82, 2.24) is 0 Å². The van der Waals surface area contributed by atoms with Gasteiger partial charge in [0.2, 0.25) is 0 Å². The van der Waals surface area contributed by atoms with E-state index in [1.807, 2.05) is 24.3 Å². The highest BCUT2D eigenvalue weighted by molar-refractivity contribution is 6.04. The number of hydrogen-bond acceptors (Lipinski definition) is 7. The monoisotopic (exact) mass is 749 g/mol. The van der Waals surface area contributed by atoms with Gasteiger partial charge in [0, 0.05) is 17.3 Å². The zero-order valence-electron chi connectivity index (χ0n) is 32.8. The number of amides is 1. The fourth-order valence-electron chi connectivity index (χ4n) is 6.07. The van der Waals surface area contributed by atoms with E-state index in [0.29, 0.717) is 47.3 Å². The van der Waals surface area contributed by atoms with Crippen LogP contribution in [0.1, 0.15) is 148 Å². The Bertz CT molecular complexity index is 1700. The molecular formula is C47H59NO7. The van der Waals surface area contributed by atoms with Crippen molar-refractivity contribution in [2.24, 2.45) is 0 Å². The first kappa shape index (κ1) is 42.6. The van der Waals surface area contributed by atoms with Gasteiger partial charge in [0.25, 0.3) is 5.91 Å². The summed E-state index contributed by atoms with van der Waals surface area (Å²) in [6.45, 7) is 5.76. The van der Waals surface area contributed by atoms with E-state index in [4.69, 9.17) is 18.9 Å². The average Bonchev–Trinajstić information content (AvgIpc) is 3.20. The van der Waals surface area contributed by atoms with E-state index in [0.717, 1.165) is 31.4 Å². The van der Waals surface area contributed by atoms with Gasteiger partial charge in [-0.2, -0.15) is 0 Å². The molecule has 0 atom stereocenters. The first-order valence-corrected chi connectivity index (χ1v) is 20.4. The van der Waals surface area contributed by atoms with E-state index in [-0.39, 0.29) is 11.5 Å². The number of ether oxygens (including phenoxy) is 4. The van der Waals surface area contributed by atoms with Gasteiger partial charge in [-0.3, -0.25) is 4.79 Å². The number of anilines is 1. The van der Waals surface area contributed by atoms with Crippen LogP contribution in [0, 0.1) is 0 Å². The molecule has 4 aromatic rings. The first-order valence-electron chi connectivity index (χ1n) is 20.4. The molecule has 294 valence electrons. The zero-order valence-corrected chi connectivity index (χ0v) is 32.8. The maximum atomic E-state index is 12.9. The number of rotatable bonds is 26. The molecule has 1 N–H and O–H groups in total. The largest absolute Gasteiger partial charge is 0.494 e. The smallest absolute Gasteiger partial charge is 0.343 e. The fraction of sp³-hybridized carbons (Fsp3) is 0.426. The number of esters is 2. The van der Waals surface area contributed by atoms with Crippen molar-refractivity contribution in [1.29, 1.82) is 0 Å². The number of unbranched alkanes of at least 4 members (excludes halogenated alkanes) is 14. The molecular weight excluding hydrogens is 691 g/mol. The summed E-state index contributed by atoms with van der Waals surface area (Å²) in [5.41, 5.74) is 1.73. The van der Waals surface area contributed by atoms with Gasteiger partial charge in [-0.15, -0.1) is 0 Å². The quantitative estimate of drug-likeness (QED) is 0.0387. The lowest BCUT2D eigenvalue weighted by Crippen LogP contribution is -2.12. The molecule has 0 bridgehead atoms. The van der Waals surface area contributed by atoms with Crippen molar-refractivity contribution in [2.45, 2.75) is 117 Å². The van der Waals surface area contributed by atoms with Gasteiger partial charge in [-0.25, -0.2) is 9.59 Å². The first-order chi connectivity index (χ1) is 26.9. The molecule has 1 amide bonds. The van der Waals surface area contributed by atoms with Crippen LogP contribution in [-0.4, -0.2) is 31.1 Å². The van der Waals surface area contributed by atoms with E-state index < -0.39 is 11.9 Å². The Morgan fingerprint density at radius 3 is 1.31 bits per heavy atom. The Hall–Kier alpha value is -5.11. The van der Waals surface area contributed by atoms with Gasteiger partial charge in [0.05, 0.1) is 24.3 Å². The predicted octanol–water partition coefficient (Wildman–Crippen LogP) is 12.4. The maximum Gasteiger partial charge on any atom is 0.343 e. The Kier molecular flexibility index (Phi) is 19.4. The summed E-state index contributed by atoms with van der Waals surface area (Å²) in [5.74, 6) is 0.639. The molecule has 0 heterocycles. The molecule has 55 heavy (non-hydrogen) atoms. The minimum atomic E-state index is -0.582. The lowest BCUT2D eigenvalue weighted by molar-refractivity contribution is 0.0730. The third-order valence-corrected chi connectivity index (χ3v) is 9.34. The SMILES string of the molecule is CCCCCCCCCCCCOc1cccc(NC(=O)c2ccc(OC(=O)c3ccc(OC(=O)c4ccc(OCCCCCCCC)cc4)cc3)cc2)c1. The Balaban J connectivity index is 1.14. The van der Waals surface area contributed by atoms with Gasteiger partial charge >= 0.3 is 11.9 Å². The lowest BCUT2D eigenvalue weighted by Gasteiger charge is -2.10. The van der Waals surface area contributed by atoms with Crippen LogP contribution in [0.2, 0.25) is 0 Å². The second kappa shape index (κ2) is 25.1. The summed E-state index contributed by atoms with van der Waals surface area (Å²) < 4.78 is 22.7. The van der Waals surface area contributed by atoms with E-state index in [1.165, 1.54) is 101 Å². The molecule has 8 heteroatoms. The van der Waals surface area contributed by atoms with Crippen molar-refractivity contribution in [3.8, 4) is 23.0 Å². The summed E-state index contributed by atoms with van der Waals surface area (Å²) in [5, 5.41) is 2.91. The van der Waals surface area contributed by atoms with Crippen LogP contribution >= 0.6 is 0 Å². The third-order valence-electron chi connectivity index (χ3n) is 9.34. The summed E-state index contributed by atoms with van der Waals surface area (Å²) in [4.78, 5) is 38.4.